The number of hydrogen-bond donors (Lipinski definition) is 1. The van der Waals surface area contributed by atoms with Crippen LogP contribution in [0.2, 0.25) is 0 Å². The van der Waals surface area contributed by atoms with Crippen LogP contribution in [-0.2, 0) is 6.42 Å². The number of halogens is 1. The summed E-state index contributed by atoms with van der Waals surface area (Å²) >= 11 is 5.36. The van der Waals surface area contributed by atoms with Gasteiger partial charge in [0.05, 0.1) is 6.04 Å². The highest BCUT2D eigenvalue weighted by Gasteiger charge is 2.18. The van der Waals surface area contributed by atoms with Crippen molar-refractivity contribution in [2.24, 2.45) is 5.73 Å². The number of rotatable bonds is 6. The van der Waals surface area contributed by atoms with Crippen LogP contribution in [0, 0.1) is 0 Å². The summed E-state index contributed by atoms with van der Waals surface area (Å²) in [6, 6.07) is 13.0. The minimum Gasteiger partial charge on any atom is -0.329 e. The Labute approximate surface area is 127 Å². The first-order valence-corrected chi connectivity index (χ1v) is 8.06. The van der Waals surface area contributed by atoms with Crippen LogP contribution in [0.15, 0.2) is 46.3 Å². The Hall–Kier alpha value is -0.680. The fraction of sp³-hybridized carbons (Fsp3) is 0.333. The number of hydrogen-bond acceptors (Lipinski definition) is 3. The number of nitrogens with two attached hydrogens (primary N) is 1. The molecule has 0 bridgehead atoms. The van der Waals surface area contributed by atoms with E-state index in [1.165, 1.54) is 14.9 Å². The zero-order valence-electron chi connectivity index (χ0n) is 11.1. The average molecular weight is 339 g/mol. The molecular formula is C15H19BrN2S. The lowest BCUT2D eigenvalue weighted by Gasteiger charge is -2.26. The zero-order chi connectivity index (χ0) is 13.7. The number of nitrogens with zero attached hydrogens (tertiary/aromatic N) is 1. The normalized spacial score (nSPS) is 12.8. The Balaban J connectivity index is 1.98. The molecule has 0 amide bonds. The molecule has 0 aliphatic heterocycles. The predicted molar refractivity (Wildman–Crippen MR) is 86.6 cm³/mol. The van der Waals surface area contributed by atoms with Crippen molar-refractivity contribution >= 4 is 27.3 Å². The third-order valence-corrected chi connectivity index (χ3v) is 5.27. The summed E-state index contributed by atoms with van der Waals surface area (Å²) in [6.07, 6.45) is 1.05. The number of thiophene rings is 1. The van der Waals surface area contributed by atoms with E-state index in [0.717, 1.165) is 13.0 Å². The summed E-state index contributed by atoms with van der Waals surface area (Å²) in [7, 11) is 2.15. The van der Waals surface area contributed by atoms with Crippen LogP contribution >= 0.6 is 27.3 Å². The van der Waals surface area contributed by atoms with Gasteiger partial charge in [0, 0.05) is 22.4 Å². The minimum atomic E-state index is 0.290. The molecular weight excluding hydrogens is 320 g/mol. The van der Waals surface area contributed by atoms with Crippen LogP contribution in [-0.4, -0.2) is 25.0 Å². The van der Waals surface area contributed by atoms with Crippen molar-refractivity contribution in [1.82, 2.24) is 4.90 Å². The van der Waals surface area contributed by atoms with E-state index in [-0.39, 0.29) is 6.04 Å². The summed E-state index contributed by atoms with van der Waals surface area (Å²) in [5, 5.41) is 2.10. The molecule has 1 aromatic heterocycles. The Kier molecular flexibility index (Phi) is 5.58. The molecule has 0 saturated carbocycles. The van der Waals surface area contributed by atoms with E-state index in [1.54, 1.807) is 11.3 Å². The van der Waals surface area contributed by atoms with Gasteiger partial charge in [0.15, 0.2) is 0 Å². The molecule has 0 saturated heterocycles. The number of benzene rings is 1. The van der Waals surface area contributed by atoms with Gasteiger partial charge >= 0.3 is 0 Å². The van der Waals surface area contributed by atoms with Crippen molar-refractivity contribution in [3.8, 4) is 0 Å². The van der Waals surface area contributed by atoms with Crippen molar-refractivity contribution in [3.63, 3.8) is 0 Å². The van der Waals surface area contributed by atoms with Crippen LogP contribution in [0.5, 0.6) is 0 Å². The summed E-state index contributed by atoms with van der Waals surface area (Å²) in [5.41, 5.74) is 7.32. The Morgan fingerprint density at radius 2 is 2.00 bits per heavy atom. The molecule has 1 atom stereocenters. The molecule has 4 heteroatoms. The highest BCUT2D eigenvalue weighted by Crippen LogP contribution is 2.31. The minimum absolute atomic E-state index is 0.290. The fourth-order valence-electron chi connectivity index (χ4n) is 2.14. The largest absolute Gasteiger partial charge is 0.329 e. The maximum Gasteiger partial charge on any atom is 0.0573 e. The maximum atomic E-state index is 5.95. The molecule has 1 aromatic carbocycles. The van der Waals surface area contributed by atoms with Crippen LogP contribution < -0.4 is 5.73 Å². The van der Waals surface area contributed by atoms with Crippen molar-refractivity contribution in [3.05, 3.63) is 56.7 Å². The van der Waals surface area contributed by atoms with Gasteiger partial charge in [0.25, 0.3) is 0 Å². The van der Waals surface area contributed by atoms with Gasteiger partial charge in [-0.2, -0.15) is 0 Å². The van der Waals surface area contributed by atoms with Gasteiger partial charge in [-0.1, -0.05) is 30.3 Å². The molecule has 2 rings (SSSR count). The van der Waals surface area contributed by atoms with Crippen LogP contribution in [0.3, 0.4) is 0 Å². The molecule has 19 heavy (non-hydrogen) atoms. The quantitative estimate of drug-likeness (QED) is 0.870. The lowest BCUT2D eigenvalue weighted by atomic mass is 10.1. The first-order valence-electron chi connectivity index (χ1n) is 6.39. The zero-order valence-corrected chi connectivity index (χ0v) is 13.5. The Morgan fingerprint density at radius 3 is 2.58 bits per heavy atom. The van der Waals surface area contributed by atoms with Gasteiger partial charge in [0.2, 0.25) is 0 Å². The second-order valence-electron chi connectivity index (χ2n) is 4.60. The predicted octanol–water partition coefficient (Wildman–Crippen LogP) is 3.68. The molecule has 2 aromatic rings. The summed E-state index contributed by atoms with van der Waals surface area (Å²) in [4.78, 5) is 3.65. The molecule has 2 N–H and O–H groups in total. The molecule has 2 nitrogen and oxygen atoms in total. The Morgan fingerprint density at radius 1 is 1.26 bits per heavy atom. The first-order chi connectivity index (χ1) is 9.22. The summed E-state index contributed by atoms with van der Waals surface area (Å²) < 4.78 is 1.17. The topological polar surface area (TPSA) is 29.3 Å². The van der Waals surface area contributed by atoms with Crippen molar-refractivity contribution in [1.29, 1.82) is 0 Å². The highest BCUT2D eigenvalue weighted by molar-refractivity contribution is 9.10. The van der Waals surface area contributed by atoms with E-state index >= 15 is 0 Å². The lowest BCUT2D eigenvalue weighted by molar-refractivity contribution is 0.256. The molecule has 0 fully saturated rings. The van der Waals surface area contributed by atoms with E-state index in [4.69, 9.17) is 5.73 Å². The molecule has 0 spiro atoms. The molecule has 0 aliphatic carbocycles. The van der Waals surface area contributed by atoms with E-state index in [2.05, 4.69) is 69.7 Å². The monoisotopic (exact) mass is 338 g/mol. The molecule has 0 aliphatic rings. The van der Waals surface area contributed by atoms with Crippen LogP contribution in [0.1, 0.15) is 16.5 Å². The van der Waals surface area contributed by atoms with Gasteiger partial charge in [-0.3, -0.25) is 4.90 Å². The lowest BCUT2D eigenvalue weighted by Crippen LogP contribution is -2.31. The van der Waals surface area contributed by atoms with Crippen molar-refractivity contribution in [2.75, 3.05) is 20.1 Å². The van der Waals surface area contributed by atoms with E-state index in [0.29, 0.717) is 6.54 Å². The van der Waals surface area contributed by atoms with Crippen molar-refractivity contribution in [2.45, 2.75) is 12.5 Å². The molecule has 1 unspecified atom stereocenters. The van der Waals surface area contributed by atoms with Crippen LogP contribution in [0.4, 0.5) is 0 Å². The third-order valence-electron chi connectivity index (χ3n) is 3.30. The third kappa shape index (κ3) is 3.89. The summed E-state index contributed by atoms with van der Waals surface area (Å²) in [6.45, 7) is 1.65. The fourth-order valence-corrected chi connectivity index (χ4v) is 3.95. The van der Waals surface area contributed by atoms with Gasteiger partial charge < -0.3 is 5.73 Å². The van der Waals surface area contributed by atoms with E-state index in [1.807, 2.05) is 0 Å². The summed E-state index contributed by atoms with van der Waals surface area (Å²) in [5.74, 6) is 0. The second-order valence-corrected chi connectivity index (χ2v) is 6.40. The van der Waals surface area contributed by atoms with Gasteiger partial charge in [-0.15, -0.1) is 11.3 Å². The van der Waals surface area contributed by atoms with Crippen LogP contribution in [0.25, 0.3) is 0 Å². The van der Waals surface area contributed by atoms with Crippen molar-refractivity contribution < 1.29 is 0 Å². The maximum absolute atomic E-state index is 5.95. The second kappa shape index (κ2) is 7.20. The van der Waals surface area contributed by atoms with Gasteiger partial charge in [-0.25, -0.2) is 0 Å². The first kappa shape index (κ1) is 14.7. The van der Waals surface area contributed by atoms with Gasteiger partial charge in [0.1, 0.15) is 0 Å². The van der Waals surface area contributed by atoms with Gasteiger partial charge in [-0.05, 0) is 46.4 Å². The Bertz CT molecular complexity index is 498. The molecule has 102 valence electrons. The highest BCUT2D eigenvalue weighted by atomic mass is 79.9. The molecule has 1 heterocycles. The number of likely N-dealkylation sites (N-methyl/N-ethyl adjacent to an activating group) is 1. The SMILES string of the molecule is CN(CCc1ccccc1)C(CN)c1sccc1Br. The smallest absolute Gasteiger partial charge is 0.0573 e. The van der Waals surface area contributed by atoms with E-state index in [9.17, 15) is 0 Å². The molecule has 0 radical (unpaired) electrons. The van der Waals surface area contributed by atoms with E-state index < -0.39 is 0 Å². The standard InChI is InChI=1S/C15H19BrN2S/c1-18(9-7-12-5-3-2-4-6-12)14(11-17)15-13(16)8-10-19-15/h2-6,8,10,14H,7,9,11,17H2,1H3. The average Bonchev–Trinajstić information content (AvgIpc) is 2.85.